The van der Waals surface area contributed by atoms with Crippen molar-refractivity contribution in [1.29, 1.82) is 0 Å². The Hall–Kier alpha value is -3.94. The first-order chi connectivity index (χ1) is 17.4. The summed E-state index contributed by atoms with van der Waals surface area (Å²) < 4.78 is 28.7. The van der Waals surface area contributed by atoms with Crippen LogP contribution >= 0.6 is 11.6 Å². The van der Waals surface area contributed by atoms with Gasteiger partial charge in [0.2, 0.25) is 0 Å². The molecule has 6 nitrogen and oxygen atoms in total. The van der Waals surface area contributed by atoms with E-state index in [9.17, 15) is 13.2 Å². The summed E-state index contributed by atoms with van der Waals surface area (Å²) in [6.07, 6.45) is 0. The lowest BCUT2D eigenvalue weighted by molar-refractivity contribution is 0.0955. The molecule has 4 aromatic carbocycles. The summed E-state index contributed by atoms with van der Waals surface area (Å²) in [4.78, 5) is 13.3. The summed E-state index contributed by atoms with van der Waals surface area (Å²) in [5, 5.41) is 4.81. The highest BCUT2D eigenvalue weighted by molar-refractivity contribution is 7.92. The van der Waals surface area contributed by atoms with E-state index >= 15 is 0 Å². The second-order valence-corrected chi connectivity index (χ2v) is 10.3. The smallest absolute Gasteiger partial charge is 0.267 e. The second kappa shape index (κ2) is 11.2. The van der Waals surface area contributed by atoms with Crippen molar-refractivity contribution in [2.75, 3.05) is 4.31 Å². The molecule has 182 valence electrons. The molecule has 0 atom stereocenters. The molecule has 0 aliphatic rings. The Bertz CT molecular complexity index is 1470. The van der Waals surface area contributed by atoms with E-state index in [-0.39, 0.29) is 22.7 Å². The first-order valence-corrected chi connectivity index (χ1v) is 13.0. The molecule has 0 saturated heterocycles. The third kappa shape index (κ3) is 5.82. The molecular weight excluding hydrogens is 494 g/mol. The van der Waals surface area contributed by atoms with Crippen molar-refractivity contribution in [3.8, 4) is 0 Å². The maximum absolute atomic E-state index is 13.7. The molecule has 0 aliphatic carbocycles. The van der Waals surface area contributed by atoms with Gasteiger partial charge in [-0.25, -0.2) is 13.8 Å². The zero-order valence-corrected chi connectivity index (χ0v) is 21.1. The Morgan fingerprint density at radius 3 is 2.08 bits per heavy atom. The number of para-hydroxylation sites is 1. The van der Waals surface area contributed by atoms with Crippen molar-refractivity contribution in [2.24, 2.45) is 5.10 Å². The molecule has 0 heterocycles. The van der Waals surface area contributed by atoms with Crippen molar-refractivity contribution in [3.05, 3.63) is 131 Å². The number of hydrogen-bond donors (Lipinski definition) is 1. The molecule has 8 heteroatoms. The van der Waals surface area contributed by atoms with Gasteiger partial charge in [-0.1, -0.05) is 84.4 Å². The Balaban J connectivity index is 1.71. The molecule has 0 unspecified atom stereocenters. The molecule has 1 amide bonds. The van der Waals surface area contributed by atoms with Crippen LogP contribution in [0.5, 0.6) is 0 Å². The van der Waals surface area contributed by atoms with Crippen LogP contribution in [0.25, 0.3) is 0 Å². The predicted octanol–water partition coefficient (Wildman–Crippen LogP) is 5.89. The van der Waals surface area contributed by atoms with Gasteiger partial charge in [-0.15, -0.1) is 0 Å². The number of halogens is 1. The van der Waals surface area contributed by atoms with Gasteiger partial charge in [-0.05, 0) is 54.4 Å². The highest BCUT2D eigenvalue weighted by Crippen LogP contribution is 2.29. The summed E-state index contributed by atoms with van der Waals surface area (Å²) in [6.45, 7) is 1.81. The fourth-order valence-electron chi connectivity index (χ4n) is 3.60. The molecule has 0 saturated carbocycles. The van der Waals surface area contributed by atoms with Crippen LogP contribution in [-0.4, -0.2) is 20.0 Å². The van der Waals surface area contributed by atoms with Crippen molar-refractivity contribution in [3.63, 3.8) is 0 Å². The summed E-state index contributed by atoms with van der Waals surface area (Å²) in [5.41, 5.74) is 5.15. The van der Waals surface area contributed by atoms with Gasteiger partial charge in [0.1, 0.15) is 0 Å². The van der Waals surface area contributed by atoms with Gasteiger partial charge in [0.15, 0.2) is 0 Å². The van der Waals surface area contributed by atoms with E-state index in [0.717, 1.165) is 11.1 Å². The number of rotatable bonds is 8. The van der Waals surface area contributed by atoms with Crippen LogP contribution in [-0.2, 0) is 16.6 Å². The van der Waals surface area contributed by atoms with E-state index < -0.39 is 15.9 Å². The molecule has 0 bridgehead atoms. The number of nitrogens with zero attached hydrogens (tertiary/aromatic N) is 2. The lowest BCUT2D eigenvalue weighted by atomic mass is 10.1. The maximum atomic E-state index is 13.7. The normalized spacial score (nSPS) is 11.7. The fourth-order valence-corrected chi connectivity index (χ4v) is 5.22. The van der Waals surface area contributed by atoms with Crippen LogP contribution < -0.4 is 9.73 Å². The molecule has 0 aliphatic heterocycles. The van der Waals surface area contributed by atoms with E-state index in [2.05, 4.69) is 10.5 Å². The average Bonchev–Trinajstić information content (AvgIpc) is 2.91. The number of hydrogen-bond acceptors (Lipinski definition) is 4. The minimum absolute atomic E-state index is 0.0510. The average molecular weight is 518 g/mol. The van der Waals surface area contributed by atoms with E-state index in [0.29, 0.717) is 10.7 Å². The molecule has 4 rings (SSSR count). The number of benzene rings is 4. The number of anilines is 1. The summed E-state index contributed by atoms with van der Waals surface area (Å²) in [5.74, 6) is -0.528. The van der Waals surface area contributed by atoms with E-state index in [1.807, 2.05) is 30.3 Å². The largest absolute Gasteiger partial charge is 0.273 e. The van der Waals surface area contributed by atoms with Crippen molar-refractivity contribution in [1.82, 2.24) is 5.43 Å². The van der Waals surface area contributed by atoms with Crippen LogP contribution in [0, 0.1) is 0 Å². The molecule has 1 N–H and O–H groups in total. The number of amides is 1. The molecular formula is C28H24ClN3O3S. The minimum Gasteiger partial charge on any atom is -0.267 e. The number of carbonyl (C=O) groups excluding carboxylic acids is 1. The van der Waals surface area contributed by atoms with E-state index in [1.165, 1.54) is 16.4 Å². The standard InChI is InChI=1S/C28H24ClN3O3S/c1-21(23-16-18-24(29)19-17-23)30-31-28(33)26-14-8-9-15-27(26)32(20-22-10-4-2-5-11-22)36(34,35)25-12-6-3-7-13-25/h2-19H,20H2,1H3,(H,31,33)/b30-21-. The number of carbonyl (C=O) groups is 1. The minimum atomic E-state index is -3.98. The number of nitrogens with one attached hydrogen (secondary N) is 1. The van der Waals surface area contributed by atoms with Gasteiger partial charge in [0.05, 0.1) is 28.4 Å². The molecule has 0 radical (unpaired) electrons. The maximum Gasteiger partial charge on any atom is 0.273 e. The predicted molar refractivity (Wildman–Crippen MR) is 144 cm³/mol. The summed E-state index contributed by atoms with van der Waals surface area (Å²) in [7, 11) is -3.98. The number of sulfonamides is 1. The van der Waals surface area contributed by atoms with Crippen LogP contribution in [0.4, 0.5) is 5.69 Å². The van der Waals surface area contributed by atoms with Crippen molar-refractivity contribution >= 4 is 38.9 Å². The van der Waals surface area contributed by atoms with E-state index in [4.69, 9.17) is 11.6 Å². The molecule has 36 heavy (non-hydrogen) atoms. The molecule has 0 fully saturated rings. The van der Waals surface area contributed by atoms with Crippen molar-refractivity contribution in [2.45, 2.75) is 18.4 Å². The quantitative estimate of drug-likeness (QED) is 0.234. The Morgan fingerprint density at radius 2 is 1.42 bits per heavy atom. The topological polar surface area (TPSA) is 78.8 Å². The van der Waals surface area contributed by atoms with Crippen LogP contribution in [0.2, 0.25) is 5.02 Å². The summed E-state index contributed by atoms with van der Waals surface area (Å²) >= 11 is 5.95. The highest BCUT2D eigenvalue weighted by Gasteiger charge is 2.28. The van der Waals surface area contributed by atoms with Gasteiger partial charge in [-0.2, -0.15) is 5.10 Å². The SMILES string of the molecule is C/C(=N/NC(=O)c1ccccc1N(Cc1ccccc1)S(=O)(=O)c1ccccc1)c1ccc(Cl)cc1. The highest BCUT2D eigenvalue weighted by atomic mass is 35.5. The lowest BCUT2D eigenvalue weighted by Gasteiger charge is -2.26. The third-order valence-corrected chi connectivity index (χ3v) is 7.53. The molecule has 0 spiro atoms. The van der Waals surface area contributed by atoms with Gasteiger partial charge >= 0.3 is 0 Å². The van der Waals surface area contributed by atoms with Gasteiger partial charge in [-0.3, -0.25) is 9.10 Å². The van der Waals surface area contributed by atoms with Crippen LogP contribution in [0.1, 0.15) is 28.4 Å². The van der Waals surface area contributed by atoms with Crippen LogP contribution in [0.15, 0.2) is 119 Å². The molecule has 0 aromatic heterocycles. The lowest BCUT2D eigenvalue weighted by Crippen LogP contribution is -2.33. The van der Waals surface area contributed by atoms with Gasteiger partial charge < -0.3 is 0 Å². The first-order valence-electron chi connectivity index (χ1n) is 11.2. The Kier molecular flexibility index (Phi) is 7.83. The monoisotopic (exact) mass is 517 g/mol. The fraction of sp³-hybridized carbons (Fsp3) is 0.0714. The summed E-state index contributed by atoms with van der Waals surface area (Å²) in [6, 6.07) is 31.1. The van der Waals surface area contributed by atoms with E-state index in [1.54, 1.807) is 73.7 Å². The first kappa shape index (κ1) is 25.2. The Morgan fingerprint density at radius 1 is 0.833 bits per heavy atom. The third-order valence-electron chi connectivity index (χ3n) is 5.50. The van der Waals surface area contributed by atoms with Gasteiger partial charge in [0, 0.05) is 5.02 Å². The second-order valence-electron chi connectivity index (χ2n) is 7.97. The van der Waals surface area contributed by atoms with Crippen LogP contribution in [0.3, 0.4) is 0 Å². The molecule has 4 aromatic rings. The zero-order valence-electron chi connectivity index (χ0n) is 19.5. The van der Waals surface area contributed by atoms with Crippen molar-refractivity contribution < 1.29 is 13.2 Å². The zero-order chi connectivity index (χ0) is 25.5. The van der Waals surface area contributed by atoms with Gasteiger partial charge in [0.25, 0.3) is 15.9 Å². The Labute approximate surface area is 215 Å². The number of hydrazone groups is 1.